The van der Waals surface area contributed by atoms with Crippen molar-refractivity contribution in [2.75, 3.05) is 20.2 Å². The topological polar surface area (TPSA) is 84.9 Å². The van der Waals surface area contributed by atoms with E-state index >= 15 is 0 Å². The number of benzene rings is 1. The molecule has 7 nitrogen and oxygen atoms in total. The molecule has 28 heavy (non-hydrogen) atoms. The van der Waals surface area contributed by atoms with Gasteiger partial charge in [-0.2, -0.15) is 0 Å². The number of amides is 1. The molecule has 3 aliphatic heterocycles. The first-order valence-corrected chi connectivity index (χ1v) is 11.6. The minimum atomic E-state index is -3.74. The average molecular weight is 407 g/mol. The molecule has 1 aliphatic carbocycles. The van der Waals surface area contributed by atoms with Gasteiger partial charge in [0, 0.05) is 43.0 Å². The summed E-state index contributed by atoms with van der Waals surface area (Å²) in [5.41, 5.74) is 0.00193. The fourth-order valence-electron chi connectivity index (χ4n) is 5.61. The van der Waals surface area contributed by atoms with Crippen molar-refractivity contribution in [3.05, 3.63) is 23.8 Å². The number of fused-ring (bicyclic) bond motifs is 2. The van der Waals surface area contributed by atoms with E-state index in [1.54, 1.807) is 7.11 Å². The van der Waals surface area contributed by atoms with Gasteiger partial charge in [-0.05, 0) is 31.7 Å². The van der Waals surface area contributed by atoms with Crippen LogP contribution in [0.25, 0.3) is 0 Å². The predicted molar refractivity (Wildman–Crippen MR) is 103 cm³/mol. The Morgan fingerprint density at radius 1 is 1.21 bits per heavy atom. The zero-order chi connectivity index (χ0) is 19.5. The molecule has 2 bridgehead atoms. The Morgan fingerprint density at radius 3 is 2.75 bits per heavy atom. The Labute approximate surface area is 165 Å². The lowest BCUT2D eigenvalue weighted by Gasteiger charge is -2.56. The molecule has 3 fully saturated rings. The van der Waals surface area contributed by atoms with E-state index in [4.69, 9.17) is 9.47 Å². The van der Waals surface area contributed by atoms with E-state index in [2.05, 4.69) is 5.32 Å². The maximum atomic E-state index is 13.5. The maximum absolute atomic E-state index is 13.5. The summed E-state index contributed by atoms with van der Waals surface area (Å²) in [4.78, 5) is 13.2. The normalized spacial score (nSPS) is 34.8. The third kappa shape index (κ3) is 2.50. The number of nitrogens with zero attached hydrogens (tertiary/aromatic N) is 1. The fraction of sp³-hybridized carbons (Fsp3) is 0.650. The molecule has 0 aromatic heterocycles. The minimum absolute atomic E-state index is 0.0396. The van der Waals surface area contributed by atoms with Gasteiger partial charge in [0.25, 0.3) is 0 Å². The van der Waals surface area contributed by atoms with Gasteiger partial charge < -0.3 is 14.8 Å². The second kappa shape index (κ2) is 6.35. The summed E-state index contributed by atoms with van der Waals surface area (Å²) < 4.78 is 40.2. The highest BCUT2D eigenvalue weighted by Crippen LogP contribution is 2.55. The van der Waals surface area contributed by atoms with Crippen molar-refractivity contribution >= 4 is 15.9 Å². The molecule has 1 aromatic rings. The highest BCUT2D eigenvalue weighted by Gasteiger charge is 2.62. The molecule has 3 heterocycles. The predicted octanol–water partition coefficient (Wildman–Crippen LogP) is 1.98. The molecular formula is C20H26N2O5S. The zero-order valence-corrected chi connectivity index (χ0v) is 16.8. The van der Waals surface area contributed by atoms with Crippen molar-refractivity contribution in [3.8, 4) is 11.5 Å². The lowest BCUT2D eigenvalue weighted by Crippen LogP contribution is -2.71. The Kier molecular flexibility index (Phi) is 4.14. The summed E-state index contributed by atoms with van der Waals surface area (Å²) in [7, 11) is -2.15. The lowest BCUT2D eigenvalue weighted by atomic mass is 9.66. The highest BCUT2D eigenvalue weighted by atomic mass is 32.2. The fourth-order valence-corrected chi connectivity index (χ4v) is 7.73. The van der Waals surface area contributed by atoms with Crippen LogP contribution in [0.1, 0.15) is 50.0 Å². The van der Waals surface area contributed by atoms with Gasteiger partial charge in [-0.25, -0.2) is 12.7 Å². The van der Waals surface area contributed by atoms with Crippen molar-refractivity contribution in [1.82, 2.24) is 9.62 Å². The van der Waals surface area contributed by atoms with Gasteiger partial charge in [-0.1, -0.05) is 12.5 Å². The molecular weight excluding hydrogens is 380 g/mol. The van der Waals surface area contributed by atoms with Crippen LogP contribution < -0.4 is 14.8 Å². The number of piperidine rings is 1. The number of carbonyl (C=O) groups excluding carboxylic acids is 1. The molecule has 1 saturated carbocycles. The Balaban J connectivity index is 1.67. The van der Waals surface area contributed by atoms with Gasteiger partial charge in [0.05, 0.1) is 7.11 Å². The van der Waals surface area contributed by atoms with Crippen LogP contribution in [0.2, 0.25) is 0 Å². The van der Waals surface area contributed by atoms with E-state index in [9.17, 15) is 13.2 Å². The van der Waals surface area contributed by atoms with E-state index in [0.29, 0.717) is 31.0 Å². The number of nitrogens with one attached hydrogen (secondary N) is 1. The number of hydrogen-bond donors (Lipinski definition) is 1. The molecule has 1 aromatic carbocycles. The first kappa shape index (κ1) is 18.2. The van der Waals surface area contributed by atoms with Crippen LogP contribution in [-0.4, -0.2) is 49.8 Å². The van der Waals surface area contributed by atoms with Gasteiger partial charge in [0.15, 0.2) is 11.0 Å². The van der Waals surface area contributed by atoms with Gasteiger partial charge in [-0.15, -0.1) is 0 Å². The molecule has 0 spiro atoms. The van der Waals surface area contributed by atoms with Crippen LogP contribution in [0.5, 0.6) is 11.5 Å². The Bertz CT molecular complexity index is 911. The molecule has 1 N–H and O–H groups in total. The van der Waals surface area contributed by atoms with Gasteiger partial charge in [0.1, 0.15) is 11.5 Å². The van der Waals surface area contributed by atoms with Crippen molar-refractivity contribution in [3.63, 3.8) is 0 Å². The molecule has 8 heteroatoms. The Hall–Kier alpha value is -1.80. The van der Waals surface area contributed by atoms with Gasteiger partial charge >= 0.3 is 0 Å². The standard InChI is InChI=1S/C20H26N2O5S/c1-26-13-7-8-14-16(12-13)27-20-9-3-2-6-15(20)17(14)18(19(23)21-20)28(24,25)22-10-4-5-11-22/h7-8,12,15,17-18H,2-6,9-11H2,1H3,(H,21,23)/t15-,17-,18+,20+/m0/s1. The third-order valence-electron chi connectivity index (χ3n) is 6.88. The quantitative estimate of drug-likeness (QED) is 0.830. The first-order chi connectivity index (χ1) is 13.5. The molecule has 152 valence electrons. The van der Waals surface area contributed by atoms with Crippen LogP contribution in [0.3, 0.4) is 0 Å². The lowest BCUT2D eigenvalue weighted by molar-refractivity contribution is -0.147. The SMILES string of the molecule is COc1ccc2c(c1)O[C@]13CCCC[C@H]1[C@H]2[C@@H](S(=O)(=O)N1CCCC1)C(=O)N3. The van der Waals surface area contributed by atoms with E-state index in [-0.39, 0.29) is 5.92 Å². The van der Waals surface area contributed by atoms with Crippen molar-refractivity contribution in [2.24, 2.45) is 5.92 Å². The zero-order valence-electron chi connectivity index (χ0n) is 16.0. The summed E-state index contributed by atoms with van der Waals surface area (Å²) in [5, 5.41) is 1.91. The second-order valence-corrected chi connectivity index (χ2v) is 10.4. The molecule has 0 unspecified atom stereocenters. The van der Waals surface area contributed by atoms with Crippen LogP contribution in [0.4, 0.5) is 0 Å². The van der Waals surface area contributed by atoms with E-state index in [0.717, 1.165) is 37.7 Å². The number of ether oxygens (including phenoxy) is 2. The number of carbonyl (C=O) groups is 1. The third-order valence-corrected chi connectivity index (χ3v) is 9.12. The summed E-state index contributed by atoms with van der Waals surface area (Å²) >= 11 is 0. The number of sulfonamides is 1. The largest absolute Gasteiger partial charge is 0.497 e. The van der Waals surface area contributed by atoms with E-state index in [1.165, 1.54) is 4.31 Å². The molecule has 4 atom stereocenters. The smallest absolute Gasteiger partial charge is 0.243 e. The van der Waals surface area contributed by atoms with Crippen molar-refractivity contribution in [2.45, 2.75) is 55.4 Å². The molecule has 4 aliphatic rings. The first-order valence-electron chi connectivity index (χ1n) is 10.1. The van der Waals surface area contributed by atoms with Crippen LogP contribution in [0.15, 0.2) is 18.2 Å². The highest BCUT2D eigenvalue weighted by molar-refractivity contribution is 7.90. The van der Waals surface area contributed by atoms with Crippen LogP contribution in [-0.2, 0) is 14.8 Å². The Morgan fingerprint density at radius 2 is 2.00 bits per heavy atom. The molecule has 2 saturated heterocycles. The van der Waals surface area contributed by atoms with Gasteiger partial charge in [0.2, 0.25) is 15.9 Å². The summed E-state index contributed by atoms with van der Waals surface area (Å²) in [6, 6.07) is 5.51. The summed E-state index contributed by atoms with van der Waals surface area (Å²) in [5.74, 6) is 0.435. The van der Waals surface area contributed by atoms with Crippen molar-refractivity contribution < 1.29 is 22.7 Å². The maximum Gasteiger partial charge on any atom is 0.243 e. The van der Waals surface area contributed by atoms with Gasteiger partial charge in [-0.3, -0.25) is 4.79 Å². The molecule has 0 radical (unpaired) electrons. The van der Waals surface area contributed by atoms with Crippen LogP contribution in [0, 0.1) is 5.92 Å². The summed E-state index contributed by atoms with van der Waals surface area (Å²) in [6.07, 6.45) is 5.22. The number of rotatable bonds is 3. The molecule has 1 amide bonds. The second-order valence-electron chi connectivity index (χ2n) is 8.33. The molecule has 5 rings (SSSR count). The monoisotopic (exact) mass is 406 g/mol. The van der Waals surface area contributed by atoms with Crippen molar-refractivity contribution in [1.29, 1.82) is 0 Å². The summed E-state index contributed by atoms with van der Waals surface area (Å²) in [6.45, 7) is 1.00. The average Bonchev–Trinajstić information content (AvgIpc) is 3.22. The number of methoxy groups -OCH3 is 1. The van der Waals surface area contributed by atoms with Crippen LogP contribution >= 0.6 is 0 Å². The van der Waals surface area contributed by atoms with E-state index < -0.39 is 32.8 Å². The minimum Gasteiger partial charge on any atom is -0.497 e. The van der Waals surface area contributed by atoms with E-state index in [1.807, 2.05) is 18.2 Å². The number of hydrogen-bond acceptors (Lipinski definition) is 5.